The van der Waals surface area contributed by atoms with Gasteiger partial charge in [0.2, 0.25) is 0 Å². The molecule has 0 unspecified atom stereocenters. The van der Waals surface area contributed by atoms with Crippen LogP contribution in [-0.2, 0) is 5.41 Å². The molecule has 0 atom stereocenters. The van der Waals surface area contributed by atoms with E-state index in [1.54, 1.807) is 0 Å². The molecular formula is C18H18N2. The summed E-state index contributed by atoms with van der Waals surface area (Å²) in [6, 6.07) is 11.2. The minimum atomic E-state index is 0.441. The van der Waals surface area contributed by atoms with Crippen LogP contribution in [0.25, 0.3) is 22.2 Å². The second-order valence-electron chi connectivity index (χ2n) is 6.19. The summed E-state index contributed by atoms with van der Waals surface area (Å²) in [4.78, 5) is 7.63. The Morgan fingerprint density at radius 1 is 1.10 bits per heavy atom. The molecule has 3 aromatic rings. The fraction of sp³-hybridized carbons (Fsp3) is 0.278. The molecule has 0 bridgehead atoms. The quantitative estimate of drug-likeness (QED) is 0.719. The third kappa shape index (κ3) is 1.68. The molecule has 2 aromatic heterocycles. The van der Waals surface area contributed by atoms with E-state index in [4.69, 9.17) is 0 Å². The monoisotopic (exact) mass is 262 g/mol. The SMILES string of the molecule is Cc1c[nH]c2nccc(-c3ccc(C4(C)CC4)cc3)c12. The lowest BCUT2D eigenvalue weighted by Crippen LogP contribution is -1.98. The van der Waals surface area contributed by atoms with Crippen LogP contribution in [0.5, 0.6) is 0 Å². The lowest BCUT2D eigenvalue weighted by atomic mass is 9.94. The van der Waals surface area contributed by atoms with Crippen molar-refractivity contribution in [3.63, 3.8) is 0 Å². The number of nitrogens with zero attached hydrogens (tertiary/aromatic N) is 1. The molecule has 2 heteroatoms. The van der Waals surface area contributed by atoms with Crippen LogP contribution in [0.15, 0.2) is 42.7 Å². The molecule has 1 fully saturated rings. The normalized spacial score (nSPS) is 16.5. The van der Waals surface area contributed by atoms with Gasteiger partial charge in [0.05, 0.1) is 0 Å². The van der Waals surface area contributed by atoms with E-state index in [0.29, 0.717) is 5.41 Å². The fourth-order valence-electron chi connectivity index (χ4n) is 2.99. The second-order valence-corrected chi connectivity index (χ2v) is 6.19. The van der Waals surface area contributed by atoms with Gasteiger partial charge < -0.3 is 4.98 Å². The number of fused-ring (bicyclic) bond motifs is 1. The maximum absolute atomic E-state index is 4.40. The van der Waals surface area contributed by atoms with Gasteiger partial charge in [0.25, 0.3) is 0 Å². The summed E-state index contributed by atoms with van der Waals surface area (Å²) in [7, 11) is 0. The number of rotatable bonds is 2. The predicted molar refractivity (Wildman–Crippen MR) is 82.9 cm³/mol. The zero-order chi connectivity index (χ0) is 13.7. The summed E-state index contributed by atoms with van der Waals surface area (Å²) in [6.45, 7) is 4.48. The minimum absolute atomic E-state index is 0.441. The van der Waals surface area contributed by atoms with E-state index < -0.39 is 0 Å². The van der Waals surface area contributed by atoms with E-state index >= 15 is 0 Å². The summed E-state index contributed by atoms with van der Waals surface area (Å²) >= 11 is 0. The molecule has 4 rings (SSSR count). The average molecular weight is 262 g/mol. The van der Waals surface area contributed by atoms with E-state index in [0.717, 1.165) is 5.65 Å². The number of aryl methyl sites for hydroxylation is 1. The van der Waals surface area contributed by atoms with Crippen molar-refractivity contribution in [1.82, 2.24) is 9.97 Å². The van der Waals surface area contributed by atoms with Crippen LogP contribution in [0.3, 0.4) is 0 Å². The third-order valence-electron chi connectivity index (χ3n) is 4.66. The van der Waals surface area contributed by atoms with Crippen molar-refractivity contribution in [2.45, 2.75) is 32.1 Å². The van der Waals surface area contributed by atoms with Crippen molar-refractivity contribution in [1.29, 1.82) is 0 Å². The predicted octanol–water partition coefficient (Wildman–Crippen LogP) is 4.59. The standard InChI is InChI=1S/C18H18N2/c1-12-11-20-17-16(12)15(7-10-19-17)13-3-5-14(6-4-13)18(2)8-9-18/h3-7,10-11H,8-9H2,1-2H3,(H,19,20). The molecule has 1 N–H and O–H groups in total. The Balaban J connectivity index is 1.84. The van der Waals surface area contributed by atoms with Gasteiger partial charge >= 0.3 is 0 Å². The number of hydrogen-bond acceptors (Lipinski definition) is 1. The summed E-state index contributed by atoms with van der Waals surface area (Å²) in [5.41, 5.74) is 6.67. The Labute approximate surface area is 118 Å². The molecule has 0 amide bonds. The topological polar surface area (TPSA) is 28.7 Å². The number of aromatic amines is 1. The minimum Gasteiger partial charge on any atom is -0.346 e. The Morgan fingerprint density at radius 2 is 1.85 bits per heavy atom. The average Bonchev–Trinajstić information content (AvgIpc) is 3.12. The van der Waals surface area contributed by atoms with Crippen LogP contribution in [0.2, 0.25) is 0 Å². The van der Waals surface area contributed by atoms with Crippen molar-refractivity contribution in [2.24, 2.45) is 0 Å². The zero-order valence-corrected chi connectivity index (χ0v) is 11.9. The highest BCUT2D eigenvalue weighted by Crippen LogP contribution is 2.47. The first-order valence-corrected chi connectivity index (χ1v) is 7.21. The lowest BCUT2D eigenvalue weighted by molar-refractivity contribution is 0.788. The molecule has 0 spiro atoms. The van der Waals surface area contributed by atoms with Gasteiger partial charge in [-0.05, 0) is 53.5 Å². The number of H-pyrrole nitrogens is 1. The highest BCUT2D eigenvalue weighted by atomic mass is 14.8. The summed E-state index contributed by atoms with van der Waals surface area (Å²) < 4.78 is 0. The fourth-order valence-corrected chi connectivity index (χ4v) is 2.99. The Kier molecular flexibility index (Phi) is 2.31. The van der Waals surface area contributed by atoms with Crippen molar-refractivity contribution in [2.75, 3.05) is 0 Å². The van der Waals surface area contributed by atoms with Crippen molar-refractivity contribution >= 4 is 11.0 Å². The molecule has 20 heavy (non-hydrogen) atoms. The number of nitrogens with one attached hydrogen (secondary N) is 1. The first kappa shape index (κ1) is 11.7. The van der Waals surface area contributed by atoms with E-state index in [-0.39, 0.29) is 0 Å². The molecular weight excluding hydrogens is 244 g/mol. The first-order valence-electron chi connectivity index (χ1n) is 7.21. The van der Waals surface area contributed by atoms with Gasteiger partial charge in [-0.3, -0.25) is 0 Å². The van der Waals surface area contributed by atoms with E-state index in [1.165, 1.54) is 40.5 Å². The largest absolute Gasteiger partial charge is 0.346 e. The van der Waals surface area contributed by atoms with E-state index in [9.17, 15) is 0 Å². The van der Waals surface area contributed by atoms with Crippen LogP contribution in [-0.4, -0.2) is 9.97 Å². The highest BCUT2D eigenvalue weighted by Gasteiger charge is 2.38. The second kappa shape index (κ2) is 3.95. The first-order chi connectivity index (χ1) is 9.67. The molecule has 1 aromatic carbocycles. The van der Waals surface area contributed by atoms with Gasteiger partial charge in [-0.1, -0.05) is 31.2 Å². The van der Waals surface area contributed by atoms with Gasteiger partial charge in [-0.15, -0.1) is 0 Å². The van der Waals surface area contributed by atoms with Crippen LogP contribution >= 0.6 is 0 Å². The molecule has 0 saturated heterocycles. The summed E-state index contributed by atoms with van der Waals surface area (Å²) in [5.74, 6) is 0. The Hall–Kier alpha value is -2.09. The third-order valence-corrected chi connectivity index (χ3v) is 4.66. The van der Waals surface area contributed by atoms with Crippen molar-refractivity contribution in [3.8, 4) is 11.1 Å². The van der Waals surface area contributed by atoms with Gasteiger partial charge in [0.1, 0.15) is 5.65 Å². The van der Waals surface area contributed by atoms with E-state index in [2.05, 4.69) is 54.1 Å². The molecule has 0 aliphatic heterocycles. The molecule has 100 valence electrons. The smallest absolute Gasteiger partial charge is 0.138 e. The van der Waals surface area contributed by atoms with Crippen LogP contribution in [0.1, 0.15) is 30.9 Å². The van der Waals surface area contributed by atoms with E-state index in [1.807, 2.05) is 12.4 Å². The maximum atomic E-state index is 4.40. The van der Waals surface area contributed by atoms with Gasteiger partial charge in [0, 0.05) is 17.8 Å². The molecule has 1 saturated carbocycles. The molecule has 2 heterocycles. The lowest BCUT2D eigenvalue weighted by Gasteiger charge is -2.10. The molecule has 1 aliphatic carbocycles. The molecule has 1 aliphatic rings. The number of hydrogen-bond donors (Lipinski definition) is 1. The van der Waals surface area contributed by atoms with Gasteiger partial charge in [-0.25, -0.2) is 4.98 Å². The van der Waals surface area contributed by atoms with Crippen molar-refractivity contribution < 1.29 is 0 Å². The van der Waals surface area contributed by atoms with Gasteiger partial charge in [0.15, 0.2) is 0 Å². The Morgan fingerprint density at radius 3 is 2.55 bits per heavy atom. The zero-order valence-electron chi connectivity index (χ0n) is 11.9. The number of pyridine rings is 1. The van der Waals surface area contributed by atoms with Crippen LogP contribution < -0.4 is 0 Å². The number of benzene rings is 1. The highest BCUT2D eigenvalue weighted by molar-refractivity contribution is 5.95. The summed E-state index contributed by atoms with van der Waals surface area (Å²) in [6.07, 6.45) is 6.55. The maximum Gasteiger partial charge on any atom is 0.138 e. The Bertz CT molecular complexity index is 777. The van der Waals surface area contributed by atoms with Gasteiger partial charge in [-0.2, -0.15) is 0 Å². The number of aromatic nitrogens is 2. The van der Waals surface area contributed by atoms with Crippen molar-refractivity contribution in [3.05, 3.63) is 53.9 Å². The summed E-state index contributed by atoms with van der Waals surface area (Å²) in [5, 5.41) is 1.23. The van der Waals surface area contributed by atoms with Crippen LogP contribution in [0.4, 0.5) is 0 Å². The molecule has 2 nitrogen and oxygen atoms in total. The molecule has 0 radical (unpaired) electrons. The van der Waals surface area contributed by atoms with Crippen LogP contribution in [0, 0.1) is 6.92 Å².